The lowest BCUT2D eigenvalue weighted by Crippen LogP contribution is -2.10. The van der Waals surface area contributed by atoms with Crippen LogP contribution in [0.1, 0.15) is 81.5 Å². The number of hydrogen-bond donors (Lipinski definition) is 0. The summed E-state index contributed by atoms with van der Waals surface area (Å²) in [6, 6.07) is 31.0. The molecule has 0 aliphatic rings. The Morgan fingerprint density at radius 1 is 0.622 bits per heavy atom. The van der Waals surface area contributed by atoms with Gasteiger partial charge in [-0.3, -0.25) is 4.57 Å². The summed E-state index contributed by atoms with van der Waals surface area (Å²) in [4.78, 5) is 5.27. The lowest BCUT2D eigenvalue weighted by atomic mass is 9.88. The molecule has 0 fully saturated rings. The number of nitrogens with zero attached hydrogens (tertiary/aromatic N) is 2. The fraction of sp³-hybridized carbons (Fsp3) is 0.286. The molecule has 0 saturated carbocycles. The monoisotopic (exact) mass is 486 g/mol. The third-order valence-corrected chi connectivity index (χ3v) is 7.47. The maximum atomic E-state index is 5.27. The lowest BCUT2D eigenvalue weighted by molar-refractivity contribution is 0.811. The zero-order chi connectivity index (χ0) is 26.3. The second-order valence-corrected chi connectivity index (χ2v) is 11.2. The van der Waals surface area contributed by atoms with Crippen LogP contribution in [0.2, 0.25) is 0 Å². The number of aryl methyl sites for hydroxylation is 1. The van der Waals surface area contributed by atoms with Crippen molar-refractivity contribution >= 4 is 11.0 Å². The van der Waals surface area contributed by atoms with Crippen molar-refractivity contribution in [3.8, 4) is 28.2 Å². The summed E-state index contributed by atoms with van der Waals surface area (Å²) >= 11 is 0. The fourth-order valence-corrected chi connectivity index (χ4v) is 5.30. The normalized spacial score (nSPS) is 11.8. The van der Waals surface area contributed by atoms with Gasteiger partial charge in [-0.25, -0.2) is 4.98 Å². The average molecular weight is 487 g/mol. The predicted octanol–water partition coefficient (Wildman–Crippen LogP) is 10.0. The van der Waals surface area contributed by atoms with Crippen molar-refractivity contribution in [2.75, 3.05) is 0 Å². The van der Waals surface area contributed by atoms with Crippen molar-refractivity contribution < 1.29 is 0 Å². The molecule has 4 aromatic carbocycles. The van der Waals surface area contributed by atoms with Gasteiger partial charge in [0.25, 0.3) is 0 Å². The van der Waals surface area contributed by atoms with Crippen molar-refractivity contribution in [2.45, 2.75) is 66.2 Å². The van der Waals surface area contributed by atoms with Crippen LogP contribution in [-0.2, 0) is 0 Å². The molecule has 0 radical (unpaired) electrons. The number of imidazole rings is 1. The summed E-state index contributed by atoms with van der Waals surface area (Å²) in [5.41, 5.74) is 12.5. The highest BCUT2D eigenvalue weighted by Crippen LogP contribution is 2.40. The molecule has 0 aliphatic heterocycles. The highest BCUT2D eigenvalue weighted by Gasteiger charge is 2.24. The molecule has 5 aromatic rings. The fourth-order valence-electron chi connectivity index (χ4n) is 5.30. The van der Waals surface area contributed by atoms with Crippen LogP contribution in [-0.4, -0.2) is 9.55 Å². The topological polar surface area (TPSA) is 17.8 Å². The van der Waals surface area contributed by atoms with E-state index >= 15 is 0 Å². The van der Waals surface area contributed by atoms with Crippen molar-refractivity contribution in [1.29, 1.82) is 0 Å². The van der Waals surface area contributed by atoms with E-state index in [0.717, 1.165) is 11.3 Å². The quantitative estimate of drug-likeness (QED) is 0.233. The summed E-state index contributed by atoms with van der Waals surface area (Å²) in [6.07, 6.45) is 0. The van der Waals surface area contributed by atoms with Crippen molar-refractivity contribution in [3.05, 3.63) is 107 Å². The summed E-state index contributed by atoms with van der Waals surface area (Å²) in [5.74, 6) is 2.17. The predicted molar refractivity (Wildman–Crippen MR) is 159 cm³/mol. The van der Waals surface area contributed by atoms with E-state index in [9.17, 15) is 0 Å². The minimum absolute atomic E-state index is 0.353. The van der Waals surface area contributed by atoms with Gasteiger partial charge in [-0.2, -0.15) is 0 Å². The lowest BCUT2D eigenvalue weighted by Gasteiger charge is -2.25. The molecule has 0 saturated heterocycles. The molecular weight excluding hydrogens is 448 g/mol. The molecule has 0 aliphatic carbocycles. The van der Waals surface area contributed by atoms with Crippen molar-refractivity contribution in [2.24, 2.45) is 0 Å². The second-order valence-electron chi connectivity index (χ2n) is 11.2. The Bertz CT molecular complexity index is 1520. The molecule has 5 rings (SSSR count). The molecule has 2 nitrogen and oxygen atoms in total. The summed E-state index contributed by atoms with van der Waals surface area (Å²) in [5, 5.41) is 0. The number of fused-ring (bicyclic) bond motifs is 1. The zero-order valence-corrected chi connectivity index (χ0v) is 23.2. The first-order valence-corrected chi connectivity index (χ1v) is 13.6. The van der Waals surface area contributed by atoms with Gasteiger partial charge in [-0.15, -0.1) is 0 Å². The minimum Gasteiger partial charge on any atom is -0.292 e. The Balaban J connectivity index is 1.93. The molecule has 37 heavy (non-hydrogen) atoms. The SMILES string of the molecule is Cc1ccccc1-c1nc2ccc(C(C)C)cc2n1-c1c(C(C)C)cc(-c2ccccc2)cc1C(C)C. The Morgan fingerprint density at radius 3 is 1.84 bits per heavy atom. The molecule has 0 bridgehead atoms. The second kappa shape index (κ2) is 10.0. The maximum absolute atomic E-state index is 5.27. The zero-order valence-electron chi connectivity index (χ0n) is 23.2. The molecule has 0 spiro atoms. The van der Waals surface area contributed by atoms with Crippen LogP contribution < -0.4 is 0 Å². The molecule has 0 N–H and O–H groups in total. The Morgan fingerprint density at radius 2 is 1.24 bits per heavy atom. The Hall–Kier alpha value is -3.65. The maximum Gasteiger partial charge on any atom is 0.146 e. The molecule has 2 heteroatoms. The van der Waals surface area contributed by atoms with E-state index in [0.29, 0.717) is 17.8 Å². The van der Waals surface area contributed by atoms with E-state index in [-0.39, 0.29) is 0 Å². The van der Waals surface area contributed by atoms with Gasteiger partial charge >= 0.3 is 0 Å². The molecular formula is C35H38N2. The summed E-state index contributed by atoms with van der Waals surface area (Å²) in [7, 11) is 0. The largest absolute Gasteiger partial charge is 0.292 e. The molecule has 188 valence electrons. The molecule has 1 aromatic heterocycles. The van der Waals surface area contributed by atoms with E-state index in [4.69, 9.17) is 4.98 Å². The van der Waals surface area contributed by atoms with Crippen LogP contribution in [0.5, 0.6) is 0 Å². The first-order valence-electron chi connectivity index (χ1n) is 13.6. The van der Waals surface area contributed by atoms with Gasteiger partial charge in [0.05, 0.1) is 16.7 Å². The van der Waals surface area contributed by atoms with Crippen LogP contribution in [0.15, 0.2) is 84.9 Å². The third kappa shape index (κ3) is 4.62. The summed E-state index contributed by atoms with van der Waals surface area (Å²) in [6.45, 7) is 15.9. The van der Waals surface area contributed by atoms with E-state index in [1.807, 2.05) is 0 Å². The standard InChI is InChI=1S/C35H38N2/c1-22(2)27-17-18-32-33(21-27)37(35(36-32)29-16-12-11-13-25(29)7)34-30(23(3)4)19-28(20-31(34)24(5)6)26-14-9-8-10-15-26/h8-24H,1-7H3. The van der Waals surface area contributed by atoms with Gasteiger partial charge in [0.2, 0.25) is 0 Å². The van der Waals surface area contributed by atoms with Crippen molar-refractivity contribution in [3.63, 3.8) is 0 Å². The van der Waals surface area contributed by atoms with E-state index in [2.05, 4.69) is 138 Å². The van der Waals surface area contributed by atoms with Crippen LogP contribution in [0.4, 0.5) is 0 Å². The highest BCUT2D eigenvalue weighted by atomic mass is 15.1. The van der Waals surface area contributed by atoms with Gasteiger partial charge in [0.15, 0.2) is 0 Å². The van der Waals surface area contributed by atoms with Crippen LogP contribution in [0, 0.1) is 6.92 Å². The van der Waals surface area contributed by atoms with E-state index < -0.39 is 0 Å². The molecule has 0 unspecified atom stereocenters. The van der Waals surface area contributed by atoms with Crippen LogP contribution >= 0.6 is 0 Å². The Kier molecular flexibility index (Phi) is 6.77. The first-order chi connectivity index (χ1) is 17.8. The Labute approximate surface area is 222 Å². The van der Waals surface area contributed by atoms with Crippen LogP contribution in [0.25, 0.3) is 39.2 Å². The first kappa shape index (κ1) is 25.0. The average Bonchev–Trinajstić information content (AvgIpc) is 3.26. The minimum atomic E-state index is 0.353. The van der Waals surface area contributed by atoms with Crippen LogP contribution in [0.3, 0.4) is 0 Å². The molecule has 0 amide bonds. The van der Waals surface area contributed by atoms with Crippen molar-refractivity contribution in [1.82, 2.24) is 9.55 Å². The molecule has 1 heterocycles. The summed E-state index contributed by atoms with van der Waals surface area (Å²) < 4.78 is 2.46. The van der Waals surface area contributed by atoms with Gasteiger partial charge in [0, 0.05) is 5.56 Å². The number of rotatable bonds is 6. The smallest absolute Gasteiger partial charge is 0.146 e. The third-order valence-electron chi connectivity index (χ3n) is 7.47. The number of aromatic nitrogens is 2. The number of benzene rings is 4. The van der Waals surface area contributed by atoms with Gasteiger partial charge in [-0.1, -0.05) is 102 Å². The van der Waals surface area contributed by atoms with E-state index in [1.54, 1.807) is 0 Å². The van der Waals surface area contributed by atoms with Gasteiger partial charge < -0.3 is 0 Å². The highest BCUT2D eigenvalue weighted by molar-refractivity contribution is 5.86. The molecule has 0 atom stereocenters. The van der Waals surface area contributed by atoms with Gasteiger partial charge in [-0.05, 0) is 82.3 Å². The van der Waals surface area contributed by atoms with Gasteiger partial charge in [0.1, 0.15) is 5.82 Å². The van der Waals surface area contributed by atoms with E-state index in [1.165, 1.54) is 50.1 Å². The number of hydrogen-bond acceptors (Lipinski definition) is 1.